The fraction of sp³-hybridized carbons (Fsp3) is 0.500. The number of aliphatic imine (C=N–C) groups is 1. The lowest BCUT2D eigenvalue weighted by atomic mass is 9.96. The van der Waals surface area contributed by atoms with Gasteiger partial charge >= 0.3 is 0 Å². The summed E-state index contributed by atoms with van der Waals surface area (Å²) in [5.41, 5.74) is 2.33. The molecule has 3 rings (SSSR count). The first-order chi connectivity index (χ1) is 12.6. The van der Waals surface area contributed by atoms with E-state index < -0.39 is 0 Å². The molecule has 1 heterocycles. The molecule has 2 aromatic rings. The van der Waals surface area contributed by atoms with E-state index in [9.17, 15) is 4.39 Å². The zero-order chi connectivity index (χ0) is 18.6. The first-order valence-corrected chi connectivity index (χ1v) is 10.0. The van der Waals surface area contributed by atoms with Gasteiger partial charge in [0.05, 0.1) is 10.7 Å². The van der Waals surface area contributed by atoms with Gasteiger partial charge in [0, 0.05) is 36.9 Å². The fourth-order valence-corrected chi connectivity index (χ4v) is 4.24. The monoisotopic (exact) mass is 502 g/mol. The van der Waals surface area contributed by atoms with E-state index in [1.807, 2.05) is 6.07 Å². The molecule has 0 radical (unpaired) electrons. The largest absolute Gasteiger partial charge is 0.356 e. The summed E-state index contributed by atoms with van der Waals surface area (Å²) in [6.45, 7) is 5.84. The van der Waals surface area contributed by atoms with Gasteiger partial charge in [0.2, 0.25) is 0 Å². The van der Waals surface area contributed by atoms with Crippen molar-refractivity contribution >= 4 is 41.3 Å². The van der Waals surface area contributed by atoms with Crippen LogP contribution in [0.25, 0.3) is 0 Å². The molecular formula is C20H28FIN4S. The van der Waals surface area contributed by atoms with Crippen LogP contribution in [0.2, 0.25) is 0 Å². The maximum atomic E-state index is 13.5. The molecule has 27 heavy (non-hydrogen) atoms. The number of aryl methyl sites for hydroxylation is 2. The van der Waals surface area contributed by atoms with Crippen molar-refractivity contribution in [3.63, 3.8) is 0 Å². The standard InChI is InChI=1S/C20H27FN4S.HI/c1-4-17-14(2)26-18(25-17)8-11-23-19(22-3)24-13-20(9-10-20)15-6-5-7-16(21)12-15;/h5-7,12H,4,8-11,13H2,1-3H3,(H2,22,23,24);1H. The maximum Gasteiger partial charge on any atom is 0.191 e. The number of nitrogens with one attached hydrogen (secondary N) is 2. The van der Waals surface area contributed by atoms with Gasteiger partial charge in [-0.25, -0.2) is 9.37 Å². The Morgan fingerprint density at radius 3 is 2.70 bits per heavy atom. The molecule has 1 aliphatic carbocycles. The van der Waals surface area contributed by atoms with Crippen molar-refractivity contribution in [1.29, 1.82) is 0 Å². The SMILES string of the molecule is CCc1nc(CCNC(=NC)NCC2(c3cccc(F)c3)CC2)sc1C.I. The fourth-order valence-electron chi connectivity index (χ4n) is 3.22. The molecule has 1 aromatic heterocycles. The number of halogens is 2. The topological polar surface area (TPSA) is 49.3 Å². The first-order valence-electron chi connectivity index (χ1n) is 9.22. The van der Waals surface area contributed by atoms with Gasteiger partial charge in [0.15, 0.2) is 5.96 Å². The number of rotatable bonds is 7. The van der Waals surface area contributed by atoms with E-state index in [1.54, 1.807) is 30.5 Å². The molecule has 2 N–H and O–H groups in total. The molecular weight excluding hydrogens is 474 g/mol. The molecule has 0 unspecified atom stereocenters. The van der Waals surface area contributed by atoms with E-state index >= 15 is 0 Å². The Hall–Kier alpha value is -1.22. The Morgan fingerprint density at radius 1 is 1.33 bits per heavy atom. The molecule has 0 atom stereocenters. The van der Waals surface area contributed by atoms with Gasteiger partial charge in [0.1, 0.15) is 5.82 Å². The third-order valence-electron chi connectivity index (χ3n) is 5.01. The highest BCUT2D eigenvalue weighted by Crippen LogP contribution is 2.47. The number of aromatic nitrogens is 1. The number of hydrogen-bond donors (Lipinski definition) is 2. The maximum absolute atomic E-state index is 13.5. The molecule has 0 aliphatic heterocycles. The van der Waals surface area contributed by atoms with Crippen LogP contribution in [0, 0.1) is 12.7 Å². The highest BCUT2D eigenvalue weighted by Gasteiger charge is 2.44. The molecule has 7 heteroatoms. The summed E-state index contributed by atoms with van der Waals surface area (Å²) in [7, 11) is 1.78. The molecule has 1 fully saturated rings. The molecule has 1 aromatic carbocycles. The zero-order valence-electron chi connectivity index (χ0n) is 16.1. The molecule has 1 aliphatic rings. The lowest BCUT2D eigenvalue weighted by Gasteiger charge is -2.19. The second-order valence-electron chi connectivity index (χ2n) is 6.86. The van der Waals surface area contributed by atoms with Crippen molar-refractivity contribution in [2.24, 2.45) is 4.99 Å². The molecule has 148 valence electrons. The Bertz CT molecular complexity index is 786. The molecule has 0 spiro atoms. The van der Waals surface area contributed by atoms with Gasteiger partial charge in [0.25, 0.3) is 0 Å². The summed E-state index contributed by atoms with van der Waals surface area (Å²) >= 11 is 1.78. The van der Waals surface area contributed by atoms with E-state index in [-0.39, 0.29) is 35.2 Å². The minimum Gasteiger partial charge on any atom is -0.356 e. The first kappa shape index (κ1) is 22.1. The Labute approximate surface area is 182 Å². The minimum absolute atomic E-state index is 0. The van der Waals surface area contributed by atoms with Crippen molar-refractivity contribution in [1.82, 2.24) is 15.6 Å². The number of benzene rings is 1. The van der Waals surface area contributed by atoms with Crippen LogP contribution in [0.4, 0.5) is 4.39 Å². The Balaban J connectivity index is 0.00000261. The van der Waals surface area contributed by atoms with Gasteiger partial charge < -0.3 is 10.6 Å². The van der Waals surface area contributed by atoms with Gasteiger partial charge in [-0.15, -0.1) is 35.3 Å². The van der Waals surface area contributed by atoms with Crippen LogP contribution in [-0.2, 0) is 18.3 Å². The lowest BCUT2D eigenvalue weighted by Crippen LogP contribution is -2.42. The van der Waals surface area contributed by atoms with E-state index in [0.717, 1.165) is 50.3 Å². The summed E-state index contributed by atoms with van der Waals surface area (Å²) < 4.78 is 13.5. The number of thiazole rings is 1. The number of nitrogens with zero attached hydrogens (tertiary/aromatic N) is 2. The highest BCUT2D eigenvalue weighted by molar-refractivity contribution is 14.0. The van der Waals surface area contributed by atoms with Gasteiger partial charge in [-0.1, -0.05) is 19.1 Å². The van der Waals surface area contributed by atoms with Crippen LogP contribution in [0.5, 0.6) is 0 Å². The predicted molar refractivity (Wildman–Crippen MR) is 122 cm³/mol. The quantitative estimate of drug-likeness (QED) is 0.339. The van der Waals surface area contributed by atoms with Crippen molar-refractivity contribution < 1.29 is 4.39 Å². The number of guanidine groups is 1. The summed E-state index contributed by atoms with van der Waals surface area (Å²) in [6, 6.07) is 6.96. The van der Waals surface area contributed by atoms with Gasteiger partial charge in [-0.05, 0) is 43.9 Å². The Morgan fingerprint density at radius 2 is 2.11 bits per heavy atom. The van der Waals surface area contributed by atoms with Crippen LogP contribution in [0.1, 0.15) is 40.9 Å². The molecule has 0 bridgehead atoms. The van der Waals surface area contributed by atoms with E-state index in [4.69, 9.17) is 0 Å². The average molecular weight is 502 g/mol. The second kappa shape index (κ2) is 9.82. The number of hydrogen-bond acceptors (Lipinski definition) is 3. The van der Waals surface area contributed by atoms with Crippen molar-refractivity contribution in [3.8, 4) is 0 Å². The van der Waals surface area contributed by atoms with Crippen molar-refractivity contribution in [2.45, 2.75) is 44.9 Å². The zero-order valence-corrected chi connectivity index (χ0v) is 19.3. The highest BCUT2D eigenvalue weighted by atomic mass is 127. The van der Waals surface area contributed by atoms with Crippen molar-refractivity contribution in [3.05, 3.63) is 51.2 Å². The lowest BCUT2D eigenvalue weighted by molar-refractivity contribution is 0.607. The second-order valence-corrected chi connectivity index (χ2v) is 8.15. The van der Waals surface area contributed by atoms with E-state index in [0.29, 0.717) is 0 Å². The molecule has 1 saturated carbocycles. The van der Waals surface area contributed by atoms with Crippen molar-refractivity contribution in [2.75, 3.05) is 20.1 Å². The normalized spacial score (nSPS) is 15.2. The van der Waals surface area contributed by atoms with Crippen LogP contribution < -0.4 is 10.6 Å². The predicted octanol–water partition coefficient (Wildman–Crippen LogP) is 4.21. The molecule has 0 saturated heterocycles. The van der Waals surface area contributed by atoms with Crippen LogP contribution in [0.15, 0.2) is 29.3 Å². The van der Waals surface area contributed by atoms with E-state index in [2.05, 4.69) is 34.5 Å². The third kappa shape index (κ3) is 5.63. The smallest absolute Gasteiger partial charge is 0.191 e. The Kier molecular flexibility index (Phi) is 8.03. The summed E-state index contributed by atoms with van der Waals surface area (Å²) in [5.74, 6) is 0.623. The van der Waals surface area contributed by atoms with E-state index in [1.165, 1.54) is 21.6 Å². The van der Waals surface area contributed by atoms with Crippen LogP contribution in [0.3, 0.4) is 0 Å². The third-order valence-corrected chi connectivity index (χ3v) is 6.08. The molecule has 0 amide bonds. The van der Waals surface area contributed by atoms with Crippen LogP contribution in [-0.4, -0.2) is 31.1 Å². The summed E-state index contributed by atoms with van der Waals surface area (Å²) in [6.07, 6.45) is 4.04. The van der Waals surface area contributed by atoms with Gasteiger partial charge in [-0.3, -0.25) is 4.99 Å². The van der Waals surface area contributed by atoms with Crippen LogP contribution >= 0.6 is 35.3 Å². The van der Waals surface area contributed by atoms with Gasteiger partial charge in [-0.2, -0.15) is 0 Å². The average Bonchev–Trinajstić information content (AvgIpc) is 3.35. The molecule has 4 nitrogen and oxygen atoms in total. The summed E-state index contributed by atoms with van der Waals surface area (Å²) in [5, 5.41) is 7.93. The summed E-state index contributed by atoms with van der Waals surface area (Å²) in [4.78, 5) is 10.3. The minimum atomic E-state index is -0.165.